The number of nitrogens with zero attached hydrogens (tertiary/aromatic N) is 1. The molecule has 1 rings (SSSR count). The van der Waals surface area contributed by atoms with Crippen LogP contribution in [0.2, 0.25) is 0 Å². The van der Waals surface area contributed by atoms with Crippen molar-refractivity contribution in [1.29, 1.82) is 0 Å². The number of hydrogen-bond donors (Lipinski definition) is 1. The monoisotopic (exact) mass is 262 g/mol. The minimum absolute atomic E-state index is 0.112. The third kappa shape index (κ3) is 3.78. The molecule has 0 saturated carbocycles. The summed E-state index contributed by atoms with van der Waals surface area (Å²) in [4.78, 5) is 23.8. The predicted octanol–water partition coefficient (Wildman–Crippen LogP) is -0.842. The molecule has 0 spiro atoms. The Bertz CT molecular complexity index is 405. The van der Waals surface area contributed by atoms with E-state index >= 15 is 0 Å². The van der Waals surface area contributed by atoms with Crippen LogP contribution in [0.3, 0.4) is 0 Å². The van der Waals surface area contributed by atoms with E-state index in [9.17, 15) is 18.0 Å². The number of likely N-dealkylation sites (N-methyl/N-ethyl adjacent to an activating group) is 1. The van der Waals surface area contributed by atoms with E-state index in [4.69, 9.17) is 0 Å². The summed E-state index contributed by atoms with van der Waals surface area (Å²) in [6, 6.07) is -0.489. The largest absolute Gasteiger partial charge is 0.305 e. The van der Waals surface area contributed by atoms with E-state index in [2.05, 4.69) is 5.32 Å². The number of amides is 2. The van der Waals surface area contributed by atoms with Gasteiger partial charge in [0.2, 0.25) is 11.8 Å². The topological polar surface area (TPSA) is 83.6 Å². The number of nitrogens with one attached hydrogen (secondary N) is 1. The molecule has 98 valence electrons. The average molecular weight is 262 g/mol. The Balaban J connectivity index is 2.29. The number of rotatable bonds is 6. The molecule has 0 aliphatic carbocycles. The van der Waals surface area contributed by atoms with Gasteiger partial charge in [-0.1, -0.05) is 6.92 Å². The minimum atomic E-state index is -2.95. The Morgan fingerprint density at radius 2 is 2.06 bits per heavy atom. The molecule has 1 N–H and O–H groups in total. The molecule has 0 aromatic carbocycles. The summed E-state index contributed by atoms with van der Waals surface area (Å²) >= 11 is 0. The lowest BCUT2D eigenvalue weighted by molar-refractivity contribution is -0.137. The molecular formula is C10H18N2O4S. The Kier molecular flexibility index (Phi) is 4.64. The van der Waals surface area contributed by atoms with Gasteiger partial charge in [-0.25, -0.2) is 8.42 Å². The molecule has 0 radical (unpaired) electrons. The van der Waals surface area contributed by atoms with Crippen LogP contribution < -0.4 is 5.32 Å². The summed E-state index contributed by atoms with van der Waals surface area (Å²) in [6.07, 6.45) is 0.619. The van der Waals surface area contributed by atoms with E-state index < -0.39 is 15.9 Å². The van der Waals surface area contributed by atoms with Gasteiger partial charge in [0.25, 0.3) is 0 Å². The van der Waals surface area contributed by atoms with Crippen LogP contribution in [0.1, 0.15) is 19.8 Å². The maximum Gasteiger partial charge on any atom is 0.246 e. The molecule has 1 fully saturated rings. The first kappa shape index (κ1) is 14.1. The summed E-state index contributed by atoms with van der Waals surface area (Å²) < 4.78 is 22.4. The van der Waals surface area contributed by atoms with Crippen LogP contribution in [-0.2, 0) is 19.4 Å². The number of carbonyl (C=O) groups is 2. The van der Waals surface area contributed by atoms with Crippen LogP contribution >= 0.6 is 0 Å². The fraction of sp³-hybridized carbons (Fsp3) is 0.800. The third-order valence-corrected chi connectivity index (χ3v) is 4.63. The smallest absolute Gasteiger partial charge is 0.246 e. The van der Waals surface area contributed by atoms with Gasteiger partial charge in [-0.05, 0) is 13.0 Å². The lowest BCUT2D eigenvalue weighted by Gasteiger charge is -2.10. The van der Waals surface area contributed by atoms with Gasteiger partial charge < -0.3 is 5.32 Å². The zero-order valence-electron chi connectivity index (χ0n) is 10.1. The molecule has 2 amide bonds. The number of hydrogen-bond acceptors (Lipinski definition) is 5. The highest BCUT2D eigenvalue weighted by Crippen LogP contribution is 2.10. The number of sulfone groups is 1. The molecule has 6 nitrogen and oxygen atoms in total. The summed E-state index contributed by atoms with van der Waals surface area (Å²) in [5.74, 6) is -0.195. The van der Waals surface area contributed by atoms with E-state index in [1.54, 1.807) is 6.92 Å². The number of imide groups is 1. The Labute approximate surface area is 101 Å². The molecule has 1 aliphatic heterocycles. The van der Waals surface area contributed by atoms with Gasteiger partial charge in [0.15, 0.2) is 0 Å². The standard InChI is InChI=1S/C10H18N2O4S/c1-3-17(15,16)6-4-5-11-8-7-9(13)12(2)10(8)14/h8,11H,3-7H2,1-2H3. The highest BCUT2D eigenvalue weighted by Gasteiger charge is 2.35. The maximum atomic E-state index is 11.5. The average Bonchev–Trinajstić information content (AvgIpc) is 2.52. The lowest BCUT2D eigenvalue weighted by Crippen LogP contribution is -2.38. The fourth-order valence-corrected chi connectivity index (χ4v) is 2.50. The third-order valence-electron chi connectivity index (χ3n) is 2.84. The minimum Gasteiger partial charge on any atom is -0.305 e. The molecule has 1 atom stereocenters. The van der Waals surface area contributed by atoms with Crippen molar-refractivity contribution in [3.05, 3.63) is 0 Å². The molecule has 1 saturated heterocycles. The van der Waals surface area contributed by atoms with Gasteiger partial charge in [-0.3, -0.25) is 14.5 Å². The molecule has 0 aromatic rings. The van der Waals surface area contributed by atoms with Crippen LogP contribution in [0.4, 0.5) is 0 Å². The Hall–Kier alpha value is -0.950. The summed E-state index contributed by atoms with van der Waals surface area (Å²) in [7, 11) is -1.50. The van der Waals surface area contributed by atoms with Crippen molar-refractivity contribution in [1.82, 2.24) is 10.2 Å². The quantitative estimate of drug-likeness (QED) is 0.498. The molecule has 1 aliphatic rings. The highest BCUT2D eigenvalue weighted by atomic mass is 32.2. The number of carbonyl (C=O) groups excluding carboxylic acids is 2. The van der Waals surface area contributed by atoms with E-state index in [-0.39, 0.29) is 29.7 Å². The van der Waals surface area contributed by atoms with E-state index in [1.807, 2.05) is 0 Å². The Morgan fingerprint density at radius 1 is 1.41 bits per heavy atom. The van der Waals surface area contributed by atoms with E-state index in [1.165, 1.54) is 7.05 Å². The van der Waals surface area contributed by atoms with Crippen molar-refractivity contribution in [3.8, 4) is 0 Å². The van der Waals surface area contributed by atoms with Crippen molar-refractivity contribution in [2.24, 2.45) is 0 Å². The zero-order valence-corrected chi connectivity index (χ0v) is 10.9. The molecule has 1 heterocycles. The van der Waals surface area contributed by atoms with Crippen LogP contribution in [-0.4, -0.2) is 56.3 Å². The van der Waals surface area contributed by atoms with Crippen molar-refractivity contribution in [2.75, 3.05) is 25.1 Å². The van der Waals surface area contributed by atoms with Crippen molar-refractivity contribution < 1.29 is 18.0 Å². The molecule has 7 heteroatoms. The highest BCUT2D eigenvalue weighted by molar-refractivity contribution is 7.91. The van der Waals surface area contributed by atoms with E-state index in [0.29, 0.717) is 13.0 Å². The predicted molar refractivity (Wildman–Crippen MR) is 63.1 cm³/mol. The first-order valence-electron chi connectivity index (χ1n) is 5.61. The summed E-state index contributed by atoms with van der Waals surface area (Å²) in [5.41, 5.74) is 0. The molecule has 1 unspecified atom stereocenters. The Morgan fingerprint density at radius 3 is 2.53 bits per heavy atom. The maximum absolute atomic E-state index is 11.5. The van der Waals surface area contributed by atoms with Gasteiger partial charge in [0, 0.05) is 12.8 Å². The SMILES string of the molecule is CCS(=O)(=O)CCCNC1CC(=O)N(C)C1=O. The van der Waals surface area contributed by atoms with Crippen molar-refractivity contribution >= 4 is 21.7 Å². The van der Waals surface area contributed by atoms with Crippen molar-refractivity contribution in [3.63, 3.8) is 0 Å². The fourth-order valence-electron chi connectivity index (χ4n) is 1.63. The van der Waals surface area contributed by atoms with Gasteiger partial charge in [-0.2, -0.15) is 0 Å². The number of likely N-dealkylation sites (tertiary alicyclic amines) is 1. The van der Waals surface area contributed by atoms with Gasteiger partial charge >= 0.3 is 0 Å². The van der Waals surface area contributed by atoms with Crippen LogP contribution in [0.5, 0.6) is 0 Å². The van der Waals surface area contributed by atoms with Crippen LogP contribution in [0.25, 0.3) is 0 Å². The molecular weight excluding hydrogens is 244 g/mol. The van der Waals surface area contributed by atoms with Gasteiger partial charge in [0.1, 0.15) is 9.84 Å². The second kappa shape index (κ2) is 5.59. The molecule has 17 heavy (non-hydrogen) atoms. The van der Waals surface area contributed by atoms with Crippen molar-refractivity contribution in [2.45, 2.75) is 25.8 Å². The zero-order chi connectivity index (χ0) is 13.1. The van der Waals surface area contributed by atoms with Gasteiger partial charge in [-0.15, -0.1) is 0 Å². The first-order chi connectivity index (χ1) is 7.87. The second-order valence-corrected chi connectivity index (χ2v) is 6.56. The van der Waals surface area contributed by atoms with E-state index in [0.717, 1.165) is 4.90 Å². The summed E-state index contributed by atoms with van der Waals surface area (Å²) in [6.45, 7) is 2.04. The second-order valence-electron chi connectivity index (χ2n) is 4.09. The lowest BCUT2D eigenvalue weighted by atomic mass is 10.2. The van der Waals surface area contributed by atoms with Crippen LogP contribution in [0, 0.1) is 0 Å². The summed E-state index contributed by atoms with van der Waals surface area (Å²) in [5, 5.41) is 2.91. The van der Waals surface area contributed by atoms with Gasteiger partial charge in [0.05, 0.1) is 18.2 Å². The van der Waals surface area contributed by atoms with Crippen LogP contribution in [0.15, 0.2) is 0 Å². The molecule has 0 bridgehead atoms. The molecule has 0 aromatic heterocycles. The first-order valence-corrected chi connectivity index (χ1v) is 7.43. The normalized spacial score (nSPS) is 21.3.